The second-order valence-corrected chi connectivity index (χ2v) is 3.09. The lowest BCUT2D eigenvalue weighted by molar-refractivity contribution is -0.118. The van der Waals surface area contributed by atoms with Crippen molar-refractivity contribution in [1.29, 1.82) is 0 Å². The fraction of sp³-hybridized carbons (Fsp3) is 0.222. The van der Waals surface area contributed by atoms with Crippen molar-refractivity contribution < 1.29 is 14.7 Å². The van der Waals surface area contributed by atoms with Crippen LogP contribution < -0.4 is 11.2 Å². The van der Waals surface area contributed by atoms with Crippen LogP contribution in [-0.4, -0.2) is 21.6 Å². The Balaban J connectivity index is 3.29. The molecule has 0 aliphatic carbocycles. The lowest BCUT2D eigenvalue weighted by atomic mass is 10.2. The number of primary amides is 1. The summed E-state index contributed by atoms with van der Waals surface area (Å²) >= 11 is 0. The SMILES string of the molecule is Cc1cc(=O)c(C(=O)O)cn1CC(N)=O. The lowest BCUT2D eigenvalue weighted by Crippen LogP contribution is -2.24. The van der Waals surface area contributed by atoms with Gasteiger partial charge in [0, 0.05) is 18.0 Å². The molecule has 0 fully saturated rings. The van der Waals surface area contributed by atoms with E-state index in [1.807, 2.05) is 0 Å². The van der Waals surface area contributed by atoms with Gasteiger partial charge in [-0.25, -0.2) is 4.79 Å². The molecule has 1 aromatic heterocycles. The van der Waals surface area contributed by atoms with E-state index in [1.165, 1.54) is 4.57 Å². The molecule has 1 amide bonds. The quantitative estimate of drug-likeness (QED) is 0.691. The van der Waals surface area contributed by atoms with Gasteiger partial charge in [-0.3, -0.25) is 9.59 Å². The van der Waals surface area contributed by atoms with Crippen molar-refractivity contribution in [3.8, 4) is 0 Å². The van der Waals surface area contributed by atoms with Gasteiger partial charge < -0.3 is 15.4 Å². The van der Waals surface area contributed by atoms with Crippen LogP contribution in [0.15, 0.2) is 17.1 Å². The third kappa shape index (κ3) is 2.43. The van der Waals surface area contributed by atoms with Crippen LogP contribution in [-0.2, 0) is 11.3 Å². The Morgan fingerprint density at radius 2 is 2.13 bits per heavy atom. The zero-order valence-corrected chi connectivity index (χ0v) is 8.06. The minimum Gasteiger partial charge on any atom is -0.477 e. The van der Waals surface area contributed by atoms with Crippen molar-refractivity contribution in [2.45, 2.75) is 13.5 Å². The number of hydrogen-bond donors (Lipinski definition) is 2. The van der Waals surface area contributed by atoms with E-state index >= 15 is 0 Å². The zero-order valence-electron chi connectivity index (χ0n) is 8.06. The zero-order chi connectivity index (χ0) is 11.6. The van der Waals surface area contributed by atoms with Gasteiger partial charge in [0.25, 0.3) is 0 Å². The molecule has 6 nitrogen and oxygen atoms in total. The Bertz CT molecular complexity index is 475. The lowest BCUT2D eigenvalue weighted by Gasteiger charge is -2.08. The molecule has 0 unspecified atom stereocenters. The number of aromatic carboxylic acids is 1. The molecule has 1 heterocycles. The summed E-state index contributed by atoms with van der Waals surface area (Å²) in [6.07, 6.45) is 1.12. The highest BCUT2D eigenvalue weighted by Crippen LogP contribution is 1.99. The molecule has 0 saturated carbocycles. The van der Waals surface area contributed by atoms with Crippen molar-refractivity contribution in [1.82, 2.24) is 4.57 Å². The van der Waals surface area contributed by atoms with Crippen molar-refractivity contribution in [3.63, 3.8) is 0 Å². The minimum absolute atomic E-state index is 0.146. The standard InChI is InChI=1S/C9H10N2O4/c1-5-2-7(12)6(9(14)15)3-11(5)4-8(10)13/h2-3H,4H2,1H3,(H2,10,13)(H,14,15). The Hall–Kier alpha value is -2.11. The van der Waals surface area contributed by atoms with Gasteiger partial charge in [-0.15, -0.1) is 0 Å². The number of nitrogens with zero attached hydrogens (tertiary/aromatic N) is 1. The van der Waals surface area contributed by atoms with E-state index in [-0.39, 0.29) is 12.1 Å². The van der Waals surface area contributed by atoms with E-state index in [2.05, 4.69) is 0 Å². The number of pyridine rings is 1. The molecule has 0 atom stereocenters. The molecule has 15 heavy (non-hydrogen) atoms. The Morgan fingerprint density at radius 1 is 1.53 bits per heavy atom. The second kappa shape index (κ2) is 3.95. The number of aromatic nitrogens is 1. The molecule has 1 rings (SSSR count). The van der Waals surface area contributed by atoms with Crippen LogP contribution >= 0.6 is 0 Å². The average molecular weight is 210 g/mol. The monoisotopic (exact) mass is 210 g/mol. The predicted molar refractivity (Wildman–Crippen MR) is 51.6 cm³/mol. The molecular formula is C9H10N2O4. The maximum atomic E-state index is 11.2. The molecule has 1 aromatic rings. The fourth-order valence-corrected chi connectivity index (χ4v) is 1.17. The molecular weight excluding hydrogens is 200 g/mol. The molecule has 0 radical (unpaired) electrons. The number of carbonyl (C=O) groups is 2. The summed E-state index contributed by atoms with van der Waals surface area (Å²) < 4.78 is 1.33. The van der Waals surface area contributed by atoms with Gasteiger partial charge >= 0.3 is 5.97 Å². The summed E-state index contributed by atoms with van der Waals surface area (Å²) in [6, 6.07) is 1.16. The van der Waals surface area contributed by atoms with E-state index in [9.17, 15) is 14.4 Å². The first kappa shape index (κ1) is 11.0. The number of carboxylic acids is 1. The van der Waals surface area contributed by atoms with Gasteiger partial charge in [-0.2, -0.15) is 0 Å². The predicted octanol–water partition coefficient (Wildman–Crippen LogP) is -0.660. The summed E-state index contributed by atoms with van der Waals surface area (Å²) in [5.41, 5.74) is 4.51. The van der Waals surface area contributed by atoms with Crippen molar-refractivity contribution >= 4 is 11.9 Å². The van der Waals surface area contributed by atoms with Gasteiger partial charge in [0.2, 0.25) is 5.91 Å². The maximum Gasteiger partial charge on any atom is 0.341 e. The number of aryl methyl sites for hydroxylation is 1. The molecule has 0 aliphatic rings. The Morgan fingerprint density at radius 3 is 2.60 bits per heavy atom. The van der Waals surface area contributed by atoms with Crippen molar-refractivity contribution in [2.24, 2.45) is 5.73 Å². The topological polar surface area (TPSA) is 102 Å². The van der Waals surface area contributed by atoms with Gasteiger partial charge in [-0.1, -0.05) is 0 Å². The summed E-state index contributed by atoms with van der Waals surface area (Å²) in [5, 5.41) is 8.69. The minimum atomic E-state index is -1.32. The van der Waals surface area contributed by atoms with Gasteiger partial charge in [0.1, 0.15) is 12.1 Å². The normalized spacial score (nSPS) is 9.93. The number of hydrogen-bond acceptors (Lipinski definition) is 3. The largest absolute Gasteiger partial charge is 0.477 e. The maximum absolute atomic E-state index is 11.2. The van der Waals surface area contributed by atoms with Crippen molar-refractivity contribution in [2.75, 3.05) is 0 Å². The molecule has 0 bridgehead atoms. The van der Waals surface area contributed by atoms with E-state index in [1.54, 1.807) is 6.92 Å². The van der Waals surface area contributed by atoms with Crippen LogP contribution in [0.5, 0.6) is 0 Å². The van der Waals surface area contributed by atoms with E-state index in [0.29, 0.717) is 5.69 Å². The van der Waals surface area contributed by atoms with Crippen LogP contribution in [0.3, 0.4) is 0 Å². The number of amides is 1. The summed E-state index contributed by atoms with van der Waals surface area (Å²) in [7, 11) is 0. The smallest absolute Gasteiger partial charge is 0.341 e. The molecule has 0 aliphatic heterocycles. The van der Waals surface area contributed by atoms with Gasteiger partial charge in [0.15, 0.2) is 5.43 Å². The van der Waals surface area contributed by atoms with Gasteiger partial charge in [-0.05, 0) is 6.92 Å². The Labute approximate surface area is 84.9 Å². The molecule has 80 valence electrons. The second-order valence-electron chi connectivity index (χ2n) is 3.09. The average Bonchev–Trinajstić information content (AvgIpc) is 2.08. The number of carbonyl (C=O) groups excluding carboxylic acids is 1. The van der Waals surface area contributed by atoms with Gasteiger partial charge in [0.05, 0.1) is 0 Å². The van der Waals surface area contributed by atoms with E-state index in [4.69, 9.17) is 10.8 Å². The van der Waals surface area contributed by atoms with Crippen molar-refractivity contribution in [3.05, 3.63) is 33.7 Å². The van der Waals surface area contributed by atoms with Crippen LogP contribution in [0, 0.1) is 6.92 Å². The molecule has 3 N–H and O–H groups in total. The third-order valence-electron chi connectivity index (χ3n) is 1.90. The first-order valence-corrected chi connectivity index (χ1v) is 4.14. The summed E-state index contributed by atoms with van der Waals surface area (Å²) in [6.45, 7) is 1.45. The van der Waals surface area contributed by atoms with E-state index in [0.717, 1.165) is 12.3 Å². The van der Waals surface area contributed by atoms with E-state index < -0.39 is 17.3 Å². The molecule has 0 saturated heterocycles. The molecule has 0 aromatic carbocycles. The van der Waals surface area contributed by atoms with Crippen LogP contribution in [0.25, 0.3) is 0 Å². The summed E-state index contributed by atoms with van der Waals surface area (Å²) in [4.78, 5) is 32.5. The number of carboxylic acid groups (broad SMARTS) is 1. The first-order valence-electron chi connectivity index (χ1n) is 4.14. The fourth-order valence-electron chi connectivity index (χ4n) is 1.17. The van der Waals surface area contributed by atoms with Crippen LogP contribution in [0.4, 0.5) is 0 Å². The molecule has 0 spiro atoms. The van der Waals surface area contributed by atoms with Crippen LogP contribution in [0.1, 0.15) is 16.1 Å². The highest BCUT2D eigenvalue weighted by Gasteiger charge is 2.11. The highest BCUT2D eigenvalue weighted by molar-refractivity contribution is 5.87. The molecule has 6 heteroatoms. The first-order chi connectivity index (χ1) is 6.91. The Kier molecular flexibility index (Phi) is 2.89. The third-order valence-corrected chi connectivity index (χ3v) is 1.90. The van der Waals surface area contributed by atoms with Crippen LogP contribution in [0.2, 0.25) is 0 Å². The highest BCUT2D eigenvalue weighted by atomic mass is 16.4. The summed E-state index contributed by atoms with van der Waals surface area (Å²) in [5.74, 6) is -1.92. The number of rotatable bonds is 3. The number of nitrogens with two attached hydrogens (primary N) is 1.